The number of nitrogens with zero attached hydrogens (tertiary/aromatic N) is 2. The fourth-order valence-corrected chi connectivity index (χ4v) is 4.08. The number of amides is 1. The predicted molar refractivity (Wildman–Crippen MR) is 119 cm³/mol. The molecule has 0 fully saturated rings. The highest BCUT2D eigenvalue weighted by molar-refractivity contribution is 7.82. The van der Waals surface area contributed by atoms with Gasteiger partial charge in [-0.1, -0.05) is 29.5 Å². The molecular formula is C23H29N3O3S. The summed E-state index contributed by atoms with van der Waals surface area (Å²) in [6, 6.07) is 14.4. The van der Waals surface area contributed by atoms with Crippen molar-refractivity contribution >= 4 is 16.9 Å². The van der Waals surface area contributed by atoms with Gasteiger partial charge in [0.25, 0.3) is 5.91 Å². The second kappa shape index (κ2) is 11.6. The lowest BCUT2D eigenvalue weighted by Gasteiger charge is -2.26. The molecule has 1 unspecified atom stereocenters. The average molecular weight is 428 g/mol. The van der Waals surface area contributed by atoms with E-state index in [0.29, 0.717) is 11.4 Å². The lowest BCUT2D eigenvalue weighted by atomic mass is 10.1. The summed E-state index contributed by atoms with van der Waals surface area (Å²) in [5.41, 5.74) is 4.59. The van der Waals surface area contributed by atoms with Crippen LogP contribution in [0.5, 0.6) is 0 Å². The van der Waals surface area contributed by atoms with Crippen LogP contribution in [0.4, 0.5) is 0 Å². The quantitative estimate of drug-likeness (QED) is 0.386. The molecule has 160 valence electrons. The molecule has 0 radical (unpaired) electrons. The highest BCUT2D eigenvalue weighted by atomic mass is 32.2. The fraction of sp³-hybridized carbons (Fsp3) is 0.348. The number of carbonyl (C=O) groups excluding carboxylic acids is 1. The maximum atomic E-state index is 13.1. The molecule has 2 aromatic carbocycles. The van der Waals surface area contributed by atoms with Crippen molar-refractivity contribution in [2.45, 2.75) is 31.2 Å². The summed E-state index contributed by atoms with van der Waals surface area (Å²) in [6.45, 7) is 4.91. The van der Waals surface area contributed by atoms with Gasteiger partial charge in [0.1, 0.15) is 17.0 Å². The van der Waals surface area contributed by atoms with E-state index in [4.69, 9.17) is 5.21 Å². The molecule has 0 aliphatic rings. The zero-order valence-electron chi connectivity index (χ0n) is 17.9. The molecular weight excluding hydrogens is 398 g/mol. The van der Waals surface area contributed by atoms with Gasteiger partial charge in [-0.3, -0.25) is 10.0 Å². The van der Waals surface area contributed by atoms with Crippen LogP contribution in [0.25, 0.3) is 0 Å². The SMILES string of the molecule is Cc1ccc(C#Cc2ccc(S(=O)N(CCCN(C)C)[C@H](C)C(=O)NO)cc2)cc1. The normalized spacial score (nSPS) is 12.9. The Morgan fingerprint density at radius 1 is 1.03 bits per heavy atom. The summed E-state index contributed by atoms with van der Waals surface area (Å²) in [6.07, 6.45) is 0.738. The summed E-state index contributed by atoms with van der Waals surface area (Å²) in [5, 5.41) is 8.98. The van der Waals surface area contributed by atoms with E-state index in [9.17, 15) is 9.00 Å². The molecule has 0 heterocycles. The minimum atomic E-state index is -1.54. The van der Waals surface area contributed by atoms with Crippen LogP contribution in [0, 0.1) is 18.8 Å². The Kier molecular flexibility index (Phi) is 9.21. The van der Waals surface area contributed by atoms with E-state index in [2.05, 4.69) is 11.8 Å². The van der Waals surface area contributed by atoms with Crippen LogP contribution in [-0.2, 0) is 15.8 Å². The zero-order valence-corrected chi connectivity index (χ0v) is 18.7. The third kappa shape index (κ3) is 7.08. The van der Waals surface area contributed by atoms with Crippen molar-refractivity contribution < 1.29 is 14.2 Å². The zero-order chi connectivity index (χ0) is 22.1. The van der Waals surface area contributed by atoms with Gasteiger partial charge < -0.3 is 4.90 Å². The summed E-state index contributed by atoms with van der Waals surface area (Å²) < 4.78 is 14.7. The summed E-state index contributed by atoms with van der Waals surface area (Å²) in [7, 11) is 2.38. The first-order valence-electron chi connectivity index (χ1n) is 9.77. The van der Waals surface area contributed by atoms with Gasteiger partial charge in [-0.15, -0.1) is 0 Å². The second-order valence-electron chi connectivity index (χ2n) is 7.34. The Labute approximate surface area is 181 Å². The lowest BCUT2D eigenvalue weighted by Crippen LogP contribution is -2.45. The number of carbonyl (C=O) groups is 1. The first-order valence-corrected chi connectivity index (χ1v) is 10.9. The van der Waals surface area contributed by atoms with Gasteiger partial charge in [0, 0.05) is 17.7 Å². The smallest absolute Gasteiger partial charge is 0.261 e. The Hall–Kier alpha value is -2.50. The van der Waals surface area contributed by atoms with E-state index in [1.165, 1.54) is 5.56 Å². The average Bonchev–Trinajstić information content (AvgIpc) is 2.75. The van der Waals surface area contributed by atoms with E-state index in [1.54, 1.807) is 28.8 Å². The number of hydrogen-bond acceptors (Lipinski definition) is 4. The van der Waals surface area contributed by atoms with Gasteiger partial charge in [-0.05, 0) is 77.3 Å². The fourth-order valence-electron chi connectivity index (χ4n) is 2.76. The van der Waals surface area contributed by atoms with Gasteiger partial charge in [0.15, 0.2) is 0 Å². The summed E-state index contributed by atoms with van der Waals surface area (Å²) in [5.74, 6) is 5.64. The molecule has 0 aromatic heterocycles. The Morgan fingerprint density at radius 2 is 1.57 bits per heavy atom. The molecule has 0 aliphatic carbocycles. The van der Waals surface area contributed by atoms with Crippen molar-refractivity contribution in [3.63, 3.8) is 0 Å². The van der Waals surface area contributed by atoms with Crippen LogP contribution in [-0.4, -0.2) is 57.8 Å². The number of hydroxylamine groups is 1. The minimum absolute atomic E-state index is 0.453. The van der Waals surface area contributed by atoms with Crippen LogP contribution < -0.4 is 5.48 Å². The Balaban J connectivity index is 2.15. The minimum Gasteiger partial charge on any atom is -0.309 e. The van der Waals surface area contributed by atoms with Crippen LogP contribution in [0.15, 0.2) is 53.4 Å². The first-order chi connectivity index (χ1) is 14.3. The van der Waals surface area contributed by atoms with E-state index < -0.39 is 22.9 Å². The topological polar surface area (TPSA) is 72.9 Å². The molecule has 30 heavy (non-hydrogen) atoms. The van der Waals surface area contributed by atoms with Crippen LogP contribution in [0.3, 0.4) is 0 Å². The largest absolute Gasteiger partial charge is 0.309 e. The van der Waals surface area contributed by atoms with Crippen molar-refractivity contribution in [1.82, 2.24) is 14.7 Å². The molecule has 2 N–H and O–H groups in total. The van der Waals surface area contributed by atoms with Crippen molar-refractivity contribution in [2.24, 2.45) is 0 Å². The molecule has 2 rings (SSSR count). The first kappa shape index (κ1) is 23.8. The third-order valence-electron chi connectivity index (χ3n) is 4.58. The predicted octanol–water partition coefficient (Wildman–Crippen LogP) is 2.57. The molecule has 2 aromatic rings. The van der Waals surface area contributed by atoms with E-state index >= 15 is 0 Å². The molecule has 1 amide bonds. The molecule has 0 saturated heterocycles. The standard InChI is InChI=1S/C23H29N3O3S/c1-18-6-8-20(9-7-18)10-11-21-12-14-22(15-13-21)30(29)26(17-5-16-25(3)4)19(2)23(27)24-28/h6-9,12-15,19,28H,5,16-17H2,1-4H3,(H,24,27)/t19-,30?/m1/s1. The monoisotopic (exact) mass is 427 g/mol. The van der Waals surface area contributed by atoms with E-state index in [0.717, 1.165) is 24.1 Å². The number of rotatable bonds is 8. The number of benzene rings is 2. The van der Waals surface area contributed by atoms with Crippen molar-refractivity contribution in [2.75, 3.05) is 27.2 Å². The summed E-state index contributed by atoms with van der Waals surface area (Å²) in [4.78, 5) is 14.5. The Morgan fingerprint density at radius 3 is 2.07 bits per heavy atom. The van der Waals surface area contributed by atoms with Crippen molar-refractivity contribution in [1.29, 1.82) is 0 Å². The van der Waals surface area contributed by atoms with Crippen molar-refractivity contribution in [3.05, 3.63) is 65.2 Å². The molecule has 0 bridgehead atoms. The second-order valence-corrected chi connectivity index (χ2v) is 8.78. The molecule has 0 saturated carbocycles. The summed E-state index contributed by atoms with van der Waals surface area (Å²) >= 11 is 0. The molecule has 6 nitrogen and oxygen atoms in total. The highest BCUT2D eigenvalue weighted by Gasteiger charge is 2.26. The molecule has 2 atom stereocenters. The Bertz CT molecular complexity index is 915. The van der Waals surface area contributed by atoms with Gasteiger partial charge in [-0.2, -0.15) is 0 Å². The van der Waals surface area contributed by atoms with Gasteiger partial charge in [-0.25, -0.2) is 14.0 Å². The van der Waals surface area contributed by atoms with Gasteiger partial charge >= 0.3 is 0 Å². The number of hydrogen-bond donors (Lipinski definition) is 2. The molecule has 0 aliphatic heterocycles. The van der Waals surface area contributed by atoms with Crippen LogP contribution in [0.2, 0.25) is 0 Å². The number of aryl methyl sites for hydroxylation is 1. The highest BCUT2D eigenvalue weighted by Crippen LogP contribution is 2.16. The maximum Gasteiger partial charge on any atom is 0.261 e. The maximum absolute atomic E-state index is 13.1. The van der Waals surface area contributed by atoms with Gasteiger partial charge in [0.05, 0.1) is 4.90 Å². The van der Waals surface area contributed by atoms with Gasteiger partial charge in [0.2, 0.25) is 0 Å². The van der Waals surface area contributed by atoms with Crippen molar-refractivity contribution in [3.8, 4) is 11.8 Å². The number of nitrogens with one attached hydrogen (secondary N) is 1. The lowest BCUT2D eigenvalue weighted by molar-refractivity contribution is -0.132. The van der Waals surface area contributed by atoms with E-state index in [1.807, 2.05) is 62.3 Å². The molecule has 0 spiro atoms. The van der Waals surface area contributed by atoms with Crippen LogP contribution >= 0.6 is 0 Å². The van der Waals surface area contributed by atoms with Crippen LogP contribution in [0.1, 0.15) is 30.0 Å². The molecule has 7 heteroatoms. The van der Waals surface area contributed by atoms with E-state index in [-0.39, 0.29) is 0 Å². The third-order valence-corrected chi connectivity index (χ3v) is 6.18.